The Balaban J connectivity index is 2.54. The number of aromatic nitrogens is 2. The summed E-state index contributed by atoms with van der Waals surface area (Å²) in [6, 6.07) is 9.30. The molecule has 2 N–H and O–H groups in total. The fraction of sp³-hybridized carbons (Fsp3) is 0.0909. The molecule has 0 aliphatic rings. The Hall–Kier alpha value is -1.61. The van der Waals surface area contributed by atoms with E-state index in [4.69, 9.17) is 17.3 Å². The molecular formula is C11H10ClN3. The van der Waals surface area contributed by atoms with E-state index in [2.05, 4.69) is 10.2 Å². The van der Waals surface area contributed by atoms with Crippen LogP contribution in [0.4, 0.5) is 5.82 Å². The highest BCUT2D eigenvalue weighted by atomic mass is 35.5. The molecule has 0 radical (unpaired) electrons. The molecule has 0 bridgehead atoms. The van der Waals surface area contributed by atoms with Crippen LogP contribution in [0.5, 0.6) is 0 Å². The Bertz CT molecular complexity index is 497. The van der Waals surface area contributed by atoms with Crippen LogP contribution in [-0.4, -0.2) is 10.2 Å². The molecule has 0 aliphatic carbocycles. The standard InChI is InChI=1S/C11H10ClN3/c1-7-5-10(13)14-15-11(7)8-3-2-4-9(12)6-8/h2-6H,1H3,(H2,13,14). The number of rotatable bonds is 1. The van der Waals surface area contributed by atoms with Crippen molar-refractivity contribution in [2.75, 3.05) is 5.73 Å². The number of aryl methyl sites for hydroxylation is 1. The molecule has 0 saturated carbocycles. The lowest BCUT2D eigenvalue weighted by Crippen LogP contribution is -1.97. The van der Waals surface area contributed by atoms with Crippen molar-refractivity contribution in [2.45, 2.75) is 6.92 Å². The topological polar surface area (TPSA) is 51.8 Å². The molecule has 0 aliphatic heterocycles. The second-order valence-electron chi connectivity index (χ2n) is 3.31. The van der Waals surface area contributed by atoms with Crippen molar-refractivity contribution >= 4 is 17.4 Å². The van der Waals surface area contributed by atoms with E-state index >= 15 is 0 Å². The number of nitrogen functional groups attached to an aromatic ring is 1. The molecule has 1 aromatic heterocycles. The van der Waals surface area contributed by atoms with Crippen LogP contribution >= 0.6 is 11.6 Å². The quantitative estimate of drug-likeness (QED) is 0.802. The maximum absolute atomic E-state index is 5.91. The van der Waals surface area contributed by atoms with Crippen molar-refractivity contribution in [1.82, 2.24) is 10.2 Å². The molecular weight excluding hydrogens is 210 g/mol. The van der Waals surface area contributed by atoms with Gasteiger partial charge in [-0.25, -0.2) is 0 Å². The molecule has 3 nitrogen and oxygen atoms in total. The largest absolute Gasteiger partial charge is 0.382 e. The Labute approximate surface area is 92.9 Å². The Morgan fingerprint density at radius 2 is 2.00 bits per heavy atom. The molecule has 0 fully saturated rings. The maximum Gasteiger partial charge on any atom is 0.146 e. The summed E-state index contributed by atoms with van der Waals surface area (Å²) in [5, 5.41) is 8.57. The van der Waals surface area contributed by atoms with E-state index in [-0.39, 0.29) is 0 Å². The summed E-state index contributed by atoms with van der Waals surface area (Å²) in [4.78, 5) is 0. The first-order valence-corrected chi connectivity index (χ1v) is 4.90. The Morgan fingerprint density at radius 1 is 1.20 bits per heavy atom. The van der Waals surface area contributed by atoms with Crippen molar-refractivity contribution < 1.29 is 0 Å². The third-order valence-corrected chi connectivity index (χ3v) is 2.34. The van der Waals surface area contributed by atoms with Crippen LogP contribution in [0.1, 0.15) is 5.56 Å². The fourth-order valence-corrected chi connectivity index (χ4v) is 1.62. The smallest absolute Gasteiger partial charge is 0.146 e. The number of hydrogen-bond acceptors (Lipinski definition) is 3. The van der Waals surface area contributed by atoms with E-state index < -0.39 is 0 Å². The van der Waals surface area contributed by atoms with Crippen LogP contribution in [0, 0.1) is 6.92 Å². The lowest BCUT2D eigenvalue weighted by molar-refractivity contribution is 1.03. The van der Waals surface area contributed by atoms with Gasteiger partial charge in [-0.3, -0.25) is 0 Å². The predicted molar refractivity (Wildman–Crippen MR) is 61.6 cm³/mol. The van der Waals surface area contributed by atoms with Gasteiger partial charge < -0.3 is 5.73 Å². The molecule has 0 spiro atoms. The number of nitrogens with two attached hydrogens (primary N) is 1. The third kappa shape index (κ3) is 2.07. The molecule has 0 unspecified atom stereocenters. The van der Waals surface area contributed by atoms with E-state index in [9.17, 15) is 0 Å². The van der Waals surface area contributed by atoms with Gasteiger partial charge in [0.15, 0.2) is 0 Å². The third-order valence-electron chi connectivity index (χ3n) is 2.10. The Kier molecular flexibility index (Phi) is 2.56. The van der Waals surface area contributed by atoms with E-state index in [1.165, 1.54) is 0 Å². The molecule has 1 heterocycles. The van der Waals surface area contributed by atoms with Gasteiger partial charge in [-0.1, -0.05) is 23.7 Å². The van der Waals surface area contributed by atoms with Crippen molar-refractivity contribution in [2.24, 2.45) is 0 Å². The second kappa shape index (κ2) is 3.87. The van der Waals surface area contributed by atoms with Crippen LogP contribution in [0.3, 0.4) is 0 Å². The van der Waals surface area contributed by atoms with Gasteiger partial charge in [0.25, 0.3) is 0 Å². The lowest BCUT2D eigenvalue weighted by Gasteiger charge is -2.04. The number of anilines is 1. The summed E-state index contributed by atoms with van der Waals surface area (Å²) >= 11 is 5.91. The molecule has 2 aromatic rings. The zero-order chi connectivity index (χ0) is 10.8. The first-order chi connectivity index (χ1) is 7.16. The lowest BCUT2D eigenvalue weighted by atomic mass is 10.1. The van der Waals surface area contributed by atoms with Crippen molar-refractivity contribution in [3.8, 4) is 11.3 Å². The van der Waals surface area contributed by atoms with E-state index in [0.29, 0.717) is 10.8 Å². The van der Waals surface area contributed by atoms with Gasteiger partial charge in [-0.05, 0) is 30.7 Å². The van der Waals surface area contributed by atoms with Gasteiger partial charge in [0, 0.05) is 10.6 Å². The minimum Gasteiger partial charge on any atom is -0.382 e. The van der Waals surface area contributed by atoms with Crippen molar-refractivity contribution in [1.29, 1.82) is 0 Å². The van der Waals surface area contributed by atoms with Gasteiger partial charge in [-0.2, -0.15) is 0 Å². The van der Waals surface area contributed by atoms with Crippen LogP contribution in [-0.2, 0) is 0 Å². The number of benzene rings is 1. The molecule has 0 atom stereocenters. The minimum atomic E-state index is 0.429. The summed E-state index contributed by atoms with van der Waals surface area (Å²) < 4.78 is 0. The summed E-state index contributed by atoms with van der Waals surface area (Å²) in [6.07, 6.45) is 0. The minimum absolute atomic E-state index is 0.429. The molecule has 76 valence electrons. The molecule has 15 heavy (non-hydrogen) atoms. The fourth-order valence-electron chi connectivity index (χ4n) is 1.43. The average molecular weight is 220 g/mol. The summed E-state index contributed by atoms with van der Waals surface area (Å²) in [7, 11) is 0. The Morgan fingerprint density at radius 3 is 2.67 bits per heavy atom. The highest BCUT2D eigenvalue weighted by molar-refractivity contribution is 6.30. The van der Waals surface area contributed by atoms with Gasteiger partial charge >= 0.3 is 0 Å². The second-order valence-corrected chi connectivity index (χ2v) is 3.75. The monoisotopic (exact) mass is 219 g/mol. The van der Waals surface area contributed by atoms with Crippen LogP contribution in [0.25, 0.3) is 11.3 Å². The summed E-state index contributed by atoms with van der Waals surface area (Å²) in [6.45, 7) is 1.95. The summed E-state index contributed by atoms with van der Waals surface area (Å²) in [5.74, 6) is 0.429. The highest BCUT2D eigenvalue weighted by Gasteiger charge is 2.05. The number of halogens is 1. The first kappa shape index (κ1) is 9.93. The molecule has 2 rings (SSSR count). The number of nitrogens with zero attached hydrogens (tertiary/aromatic N) is 2. The normalized spacial score (nSPS) is 10.3. The average Bonchev–Trinajstić information content (AvgIpc) is 2.17. The maximum atomic E-state index is 5.91. The van der Waals surface area contributed by atoms with Gasteiger partial charge in [0.2, 0.25) is 0 Å². The van der Waals surface area contributed by atoms with E-state index in [0.717, 1.165) is 16.8 Å². The van der Waals surface area contributed by atoms with Crippen LogP contribution in [0.15, 0.2) is 30.3 Å². The van der Waals surface area contributed by atoms with Crippen molar-refractivity contribution in [3.05, 3.63) is 40.9 Å². The van der Waals surface area contributed by atoms with Gasteiger partial charge in [0.05, 0.1) is 5.69 Å². The predicted octanol–water partition coefficient (Wildman–Crippen LogP) is 2.69. The zero-order valence-electron chi connectivity index (χ0n) is 8.24. The van der Waals surface area contributed by atoms with E-state index in [1.807, 2.05) is 31.2 Å². The molecule has 4 heteroatoms. The van der Waals surface area contributed by atoms with Crippen LogP contribution in [0.2, 0.25) is 5.02 Å². The van der Waals surface area contributed by atoms with Crippen molar-refractivity contribution in [3.63, 3.8) is 0 Å². The van der Waals surface area contributed by atoms with Crippen LogP contribution < -0.4 is 5.73 Å². The summed E-state index contributed by atoms with van der Waals surface area (Å²) in [5.41, 5.74) is 8.29. The highest BCUT2D eigenvalue weighted by Crippen LogP contribution is 2.23. The zero-order valence-corrected chi connectivity index (χ0v) is 8.99. The molecule has 1 aromatic carbocycles. The molecule has 0 saturated heterocycles. The first-order valence-electron chi connectivity index (χ1n) is 4.52. The number of hydrogen-bond donors (Lipinski definition) is 1. The van der Waals surface area contributed by atoms with Gasteiger partial charge in [-0.15, -0.1) is 10.2 Å². The van der Waals surface area contributed by atoms with Gasteiger partial charge in [0.1, 0.15) is 5.82 Å². The van der Waals surface area contributed by atoms with E-state index in [1.54, 1.807) is 6.07 Å². The molecule has 0 amide bonds. The SMILES string of the molecule is Cc1cc(N)nnc1-c1cccc(Cl)c1.